The van der Waals surface area contributed by atoms with Crippen molar-refractivity contribution in [1.29, 1.82) is 0 Å². The number of benzene rings is 1. The summed E-state index contributed by atoms with van der Waals surface area (Å²) >= 11 is 1.51. The number of unbranched alkanes of at least 4 members (excludes halogenated alkanes) is 2. The number of nitrogens with zero attached hydrogens (tertiary/aromatic N) is 3. The van der Waals surface area contributed by atoms with Gasteiger partial charge < -0.3 is 19.7 Å². The first kappa shape index (κ1) is 29.8. The number of carbonyl (C=O) groups excluding carboxylic acids is 2. The van der Waals surface area contributed by atoms with E-state index < -0.39 is 11.8 Å². The lowest BCUT2D eigenvalue weighted by Crippen LogP contribution is -2.41. The highest BCUT2D eigenvalue weighted by atomic mass is 32.1. The Labute approximate surface area is 251 Å². The predicted octanol–water partition coefficient (Wildman–Crippen LogP) is 5.95. The van der Waals surface area contributed by atoms with Crippen LogP contribution in [0.15, 0.2) is 55.1 Å². The van der Waals surface area contributed by atoms with Crippen molar-refractivity contribution in [2.75, 3.05) is 20.7 Å². The zero-order chi connectivity index (χ0) is 29.8. The van der Waals surface area contributed by atoms with Crippen LogP contribution in [0.4, 0.5) is 0 Å². The van der Waals surface area contributed by atoms with Gasteiger partial charge in [-0.05, 0) is 63.5 Å². The average Bonchev–Trinajstić information content (AvgIpc) is 3.34. The standard InChI is InChI=1S/C33H40N4O4S/c1-6-8-9-10-14-37(4)33(39)25-18-22(17-24(25)31(38)36-26-16-21(26)7-2)41-29-19-27(32-34-13-15-42-32)35-30-20(3)28(40-5)12-11-23(29)30/h6-7,11-13,15,19,21-22,24-26H,1-2,8-10,14,16-18H2,3-5H3,(H,36,38)/t21-,22-,24-,25-,26-/m1/s1. The third-order valence-electron chi connectivity index (χ3n) is 8.48. The minimum atomic E-state index is -0.461. The molecule has 5 rings (SSSR count). The van der Waals surface area contributed by atoms with Gasteiger partial charge in [-0.2, -0.15) is 0 Å². The van der Waals surface area contributed by atoms with Gasteiger partial charge in [0.15, 0.2) is 0 Å². The van der Waals surface area contributed by atoms with Gasteiger partial charge in [0.25, 0.3) is 0 Å². The van der Waals surface area contributed by atoms with Crippen molar-refractivity contribution in [2.45, 2.75) is 57.6 Å². The SMILES string of the molecule is C=CCCCCN(C)C(=O)[C@@H]1C[C@H](Oc2cc(-c3nccs3)nc3c(C)c(OC)ccc23)C[C@H]1C(=O)N[C@@H]1C[C@H]1C=C. The molecule has 222 valence electrons. The fourth-order valence-electron chi connectivity index (χ4n) is 5.95. The smallest absolute Gasteiger partial charge is 0.226 e. The summed E-state index contributed by atoms with van der Waals surface area (Å²) in [5, 5.41) is 6.73. The van der Waals surface area contributed by atoms with Crippen molar-refractivity contribution in [2.24, 2.45) is 17.8 Å². The first-order valence-corrected chi connectivity index (χ1v) is 15.6. The summed E-state index contributed by atoms with van der Waals surface area (Å²) in [6.07, 6.45) is 9.85. The van der Waals surface area contributed by atoms with Crippen LogP contribution >= 0.6 is 11.3 Å². The Morgan fingerprint density at radius 2 is 1.98 bits per heavy atom. The van der Waals surface area contributed by atoms with E-state index in [4.69, 9.17) is 14.5 Å². The van der Waals surface area contributed by atoms with Crippen LogP contribution in [0.2, 0.25) is 0 Å². The molecular formula is C33H40N4O4S. The summed E-state index contributed by atoms with van der Waals surface area (Å²) in [5.74, 6) is 0.731. The van der Waals surface area contributed by atoms with Crippen LogP contribution in [-0.2, 0) is 9.59 Å². The lowest BCUT2D eigenvalue weighted by atomic mass is 9.93. The molecule has 2 amide bonds. The lowest BCUT2D eigenvalue weighted by Gasteiger charge is -2.24. The van der Waals surface area contributed by atoms with Gasteiger partial charge in [-0.25, -0.2) is 9.97 Å². The highest BCUT2D eigenvalue weighted by molar-refractivity contribution is 7.13. The zero-order valence-corrected chi connectivity index (χ0v) is 25.5. The fourth-order valence-corrected chi connectivity index (χ4v) is 6.55. The number of thiazole rings is 1. The number of pyridine rings is 1. The quantitative estimate of drug-likeness (QED) is 0.196. The fraction of sp³-hybridized carbons (Fsp3) is 0.455. The van der Waals surface area contributed by atoms with E-state index in [0.29, 0.717) is 36.7 Å². The summed E-state index contributed by atoms with van der Waals surface area (Å²) in [4.78, 5) is 38.4. The Balaban J connectivity index is 1.42. The molecule has 2 saturated carbocycles. The first-order valence-electron chi connectivity index (χ1n) is 14.7. The molecule has 2 fully saturated rings. The monoisotopic (exact) mass is 588 g/mol. The number of hydrogen-bond donors (Lipinski definition) is 1. The largest absolute Gasteiger partial charge is 0.496 e. The number of nitrogens with one attached hydrogen (secondary N) is 1. The number of fused-ring (bicyclic) bond motifs is 1. The van der Waals surface area contributed by atoms with E-state index in [9.17, 15) is 9.59 Å². The molecule has 2 aromatic heterocycles. The highest BCUT2D eigenvalue weighted by Gasteiger charge is 2.47. The van der Waals surface area contributed by atoms with E-state index in [1.54, 1.807) is 18.2 Å². The third-order valence-corrected chi connectivity index (χ3v) is 9.28. The highest BCUT2D eigenvalue weighted by Crippen LogP contribution is 2.41. The summed E-state index contributed by atoms with van der Waals surface area (Å²) in [6, 6.07) is 5.89. The molecule has 5 atom stereocenters. The van der Waals surface area contributed by atoms with Crippen molar-refractivity contribution in [3.8, 4) is 22.2 Å². The Kier molecular flexibility index (Phi) is 9.26. The molecule has 0 radical (unpaired) electrons. The van der Waals surface area contributed by atoms with Crippen molar-refractivity contribution >= 4 is 34.1 Å². The Bertz CT molecular complexity index is 1460. The maximum Gasteiger partial charge on any atom is 0.226 e. The van der Waals surface area contributed by atoms with E-state index in [-0.39, 0.29) is 24.0 Å². The van der Waals surface area contributed by atoms with Gasteiger partial charge in [-0.15, -0.1) is 24.5 Å². The summed E-state index contributed by atoms with van der Waals surface area (Å²) < 4.78 is 12.3. The van der Waals surface area contributed by atoms with Crippen LogP contribution in [0, 0.1) is 24.7 Å². The predicted molar refractivity (Wildman–Crippen MR) is 167 cm³/mol. The number of hydrogen-bond acceptors (Lipinski definition) is 7. The average molecular weight is 589 g/mol. The first-order chi connectivity index (χ1) is 20.3. The normalized spacial score (nSPS) is 22.9. The van der Waals surface area contributed by atoms with Gasteiger partial charge in [-0.1, -0.05) is 12.2 Å². The Morgan fingerprint density at radius 3 is 2.67 bits per heavy atom. The minimum absolute atomic E-state index is 0.000405. The Morgan fingerprint density at radius 1 is 1.17 bits per heavy atom. The van der Waals surface area contributed by atoms with Crippen LogP contribution < -0.4 is 14.8 Å². The number of allylic oxidation sites excluding steroid dienone is 1. The van der Waals surface area contributed by atoms with Crippen LogP contribution in [0.5, 0.6) is 11.5 Å². The number of ether oxygens (including phenoxy) is 2. The molecule has 2 heterocycles. The van der Waals surface area contributed by atoms with Gasteiger partial charge >= 0.3 is 0 Å². The van der Waals surface area contributed by atoms with E-state index >= 15 is 0 Å². The summed E-state index contributed by atoms with van der Waals surface area (Å²) in [7, 11) is 3.48. The lowest BCUT2D eigenvalue weighted by molar-refractivity contribution is -0.139. The molecule has 8 nitrogen and oxygen atoms in total. The number of carbonyl (C=O) groups is 2. The number of aromatic nitrogens is 2. The van der Waals surface area contributed by atoms with Crippen molar-refractivity contribution in [3.05, 3.63) is 60.6 Å². The topological polar surface area (TPSA) is 93.7 Å². The number of aryl methyl sites for hydroxylation is 1. The molecule has 3 aromatic rings. The molecular weight excluding hydrogens is 548 g/mol. The van der Waals surface area contributed by atoms with Crippen LogP contribution in [0.25, 0.3) is 21.6 Å². The molecule has 0 bridgehead atoms. The van der Waals surface area contributed by atoms with Crippen LogP contribution in [0.3, 0.4) is 0 Å². The number of methoxy groups -OCH3 is 1. The molecule has 2 aliphatic carbocycles. The maximum absolute atomic E-state index is 13.7. The molecule has 0 spiro atoms. The van der Waals surface area contributed by atoms with E-state index in [1.807, 2.05) is 49.7 Å². The van der Waals surface area contributed by atoms with Crippen LogP contribution in [-0.4, -0.2) is 59.5 Å². The van der Waals surface area contributed by atoms with Gasteiger partial charge in [-0.3, -0.25) is 9.59 Å². The second-order valence-electron chi connectivity index (χ2n) is 11.4. The molecule has 0 unspecified atom stereocenters. The summed E-state index contributed by atoms with van der Waals surface area (Å²) in [5.41, 5.74) is 2.40. The molecule has 1 aromatic carbocycles. The number of amides is 2. The Hall–Kier alpha value is -3.72. The van der Waals surface area contributed by atoms with Crippen molar-refractivity contribution in [1.82, 2.24) is 20.2 Å². The van der Waals surface area contributed by atoms with Gasteiger partial charge in [0, 0.05) is 48.2 Å². The second kappa shape index (κ2) is 13.1. The van der Waals surface area contributed by atoms with Gasteiger partial charge in [0.1, 0.15) is 28.3 Å². The molecule has 1 N–H and O–H groups in total. The molecule has 42 heavy (non-hydrogen) atoms. The molecule has 2 aliphatic rings. The third kappa shape index (κ3) is 6.36. The second-order valence-corrected chi connectivity index (χ2v) is 12.2. The van der Waals surface area contributed by atoms with Crippen LogP contribution in [0.1, 0.15) is 44.1 Å². The zero-order valence-electron chi connectivity index (χ0n) is 24.7. The van der Waals surface area contributed by atoms with Crippen molar-refractivity contribution in [3.63, 3.8) is 0 Å². The van der Waals surface area contributed by atoms with E-state index in [1.165, 1.54) is 11.3 Å². The summed E-state index contributed by atoms with van der Waals surface area (Å²) in [6.45, 7) is 10.3. The molecule has 0 aliphatic heterocycles. The molecule has 0 saturated heterocycles. The maximum atomic E-state index is 13.7. The van der Waals surface area contributed by atoms with Gasteiger partial charge in [0.05, 0.1) is 24.5 Å². The van der Waals surface area contributed by atoms with Crippen molar-refractivity contribution < 1.29 is 19.1 Å². The van der Waals surface area contributed by atoms with Gasteiger partial charge in [0.2, 0.25) is 11.8 Å². The molecule has 9 heteroatoms. The number of rotatable bonds is 13. The van der Waals surface area contributed by atoms with E-state index in [2.05, 4.69) is 23.5 Å². The minimum Gasteiger partial charge on any atom is -0.496 e. The van der Waals surface area contributed by atoms with E-state index in [0.717, 1.165) is 52.9 Å².